The fourth-order valence-corrected chi connectivity index (χ4v) is 3.10. The zero-order valence-electron chi connectivity index (χ0n) is 13.8. The second-order valence-corrected chi connectivity index (χ2v) is 6.46. The molecule has 4 aromatic rings. The van der Waals surface area contributed by atoms with Gasteiger partial charge >= 0.3 is 0 Å². The molecule has 0 fully saturated rings. The molecule has 2 amide bonds. The van der Waals surface area contributed by atoms with Crippen LogP contribution in [0.4, 0.5) is 10.9 Å². The Bertz CT molecular complexity index is 1060. The molecule has 9 heteroatoms. The van der Waals surface area contributed by atoms with Gasteiger partial charge in [0.2, 0.25) is 0 Å². The van der Waals surface area contributed by atoms with E-state index in [1.807, 2.05) is 0 Å². The summed E-state index contributed by atoms with van der Waals surface area (Å²) in [4.78, 5) is 40.8. The van der Waals surface area contributed by atoms with Crippen molar-refractivity contribution in [3.8, 4) is 0 Å². The number of nitrogens with one attached hydrogen (secondary N) is 2. The average Bonchev–Trinajstić information content (AvgIpc) is 3.10. The number of pyridine rings is 3. The van der Waals surface area contributed by atoms with Crippen LogP contribution in [0, 0.1) is 0 Å². The molecule has 4 heterocycles. The summed E-state index contributed by atoms with van der Waals surface area (Å²) >= 11 is 1.30. The molecule has 0 bridgehead atoms. The first kappa shape index (κ1) is 16.7. The molecule has 0 spiro atoms. The Morgan fingerprint density at radius 1 is 0.815 bits per heavy atom. The summed E-state index contributed by atoms with van der Waals surface area (Å²) in [6, 6.07) is 10.2. The molecule has 0 atom stereocenters. The van der Waals surface area contributed by atoms with Gasteiger partial charge in [0.15, 0.2) is 10.8 Å². The van der Waals surface area contributed by atoms with Crippen LogP contribution < -0.4 is 10.6 Å². The average molecular weight is 376 g/mol. The molecule has 4 aromatic heterocycles. The van der Waals surface area contributed by atoms with Gasteiger partial charge in [0.1, 0.15) is 5.82 Å². The Labute approximate surface area is 157 Å². The summed E-state index contributed by atoms with van der Waals surface area (Å²) in [5, 5.41) is 5.85. The van der Waals surface area contributed by atoms with Crippen LogP contribution in [0.5, 0.6) is 0 Å². The molecule has 2 N–H and O–H groups in total. The van der Waals surface area contributed by atoms with Crippen molar-refractivity contribution in [2.24, 2.45) is 0 Å². The predicted molar refractivity (Wildman–Crippen MR) is 102 cm³/mol. The maximum absolute atomic E-state index is 12.2. The smallest absolute Gasteiger partial charge is 0.259 e. The number of fused-ring (bicyclic) bond motifs is 1. The Hall–Kier alpha value is -3.72. The van der Waals surface area contributed by atoms with Crippen molar-refractivity contribution < 1.29 is 9.59 Å². The van der Waals surface area contributed by atoms with Crippen LogP contribution in [-0.4, -0.2) is 31.8 Å². The van der Waals surface area contributed by atoms with Crippen molar-refractivity contribution in [1.29, 1.82) is 0 Å². The van der Waals surface area contributed by atoms with Gasteiger partial charge in [-0.05, 0) is 36.4 Å². The summed E-state index contributed by atoms with van der Waals surface area (Å²) in [6.45, 7) is 0. The highest BCUT2D eigenvalue weighted by Crippen LogP contribution is 2.26. The third kappa shape index (κ3) is 3.77. The van der Waals surface area contributed by atoms with Crippen molar-refractivity contribution in [2.45, 2.75) is 0 Å². The van der Waals surface area contributed by atoms with Gasteiger partial charge in [-0.1, -0.05) is 11.3 Å². The second kappa shape index (κ2) is 7.26. The first-order chi connectivity index (χ1) is 13.2. The highest BCUT2D eigenvalue weighted by molar-refractivity contribution is 7.22. The van der Waals surface area contributed by atoms with Crippen molar-refractivity contribution in [3.05, 3.63) is 72.3 Å². The van der Waals surface area contributed by atoms with Crippen LogP contribution >= 0.6 is 11.3 Å². The minimum absolute atomic E-state index is 0.299. The number of rotatable bonds is 4. The van der Waals surface area contributed by atoms with Crippen molar-refractivity contribution in [2.75, 3.05) is 10.6 Å². The molecular formula is C18H12N6O2S. The summed E-state index contributed by atoms with van der Waals surface area (Å²) < 4.78 is 0.788. The fourth-order valence-electron chi connectivity index (χ4n) is 2.29. The molecule has 27 heavy (non-hydrogen) atoms. The fraction of sp³-hybridized carbons (Fsp3) is 0. The molecular weight excluding hydrogens is 364 g/mol. The van der Waals surface area contributed by atoms with Crippen molar-refractivity contribution in [1.82, 2.24) is 19.9 Å². The lowest BCUT2D eigenvalue weighted by molar-refractivity contribution is 0.101. The quantitative estimate of drug-likeness (QED) is 0.567. The maximum Gasteiger partial charge on any atom is 0.259 e. The molecule has 0 saturated heterocycles. The maximum atomic E-state index is 12.2. The van der Waals surface area contributed by atoms with Crippen LogP contribution in [0.1, 0.15) is 20.7 Å². The van der Waals surface area contributed by atoms with E-state index in [9.17, 15) is 9.59 Å². The van der Waals surface area contributed by atoms with Gasteiger partial charge < -0.3 is 5.32 Å². The van der Waals surface area contributed by atoms with E-state index in [0.29, 0.717) is 27.7 Å². The van der Waals surface area contributed by atoms with E-state index in [1.165, 1.54) is 23.7 Å². The van der Waals surface area contributed by atoms with Crippen molar-refractivity contribution in [3.63, 3.8) is 0 Å². The number of carbonyl (C=O) groups is 2. The summed E-state index contributed by atoms with van der Waals surface area (Å²) in [5.74, 6) is -0.241. The number of amides is 2. The lowest BCUT2D eigenvalue weighted by Gasteiger charge is -2.03. The van der Waals surface area contributed by atoms with Crippen LogP contribution in [-0.2, 0) is 0 Å². The van der Waals surface area contributed by atoms with E-state index in [2.05, 4.69) is 30.6 Å². The zero-order valence-corrected chi connectivity index (χ0v) is 14.6. The molecule has 0 aliphatic heterocycles. The van der Waals surface area contributed by atoms with E-state index in [-0.39, 0.29) is 11.8 Å². The van der Waals surface area contributed by atoms with Crippen molar-refractivity contribution >= 4 is 44.4 Å². The van der Waals surface area contributed by atoms with Crippen LogP contribution in [0.15, 0.2) is 61.2 Å². The normalized spacial score (nSPS) is 10.5. The SMILES string of the molecule is O=C(Nc1ccc2sc(NC(=O)c3cccnc3)nc2n1)c1cccnc1. The number of thiazole rings is 1. The van der Waals surface area contributed by atoms with E-state index in [4.69, 9.17) is 0 Å². The minimum atomic E-state index is -0.310. The standard InChI is InChI=1S/C18H12N6O2S/c25-16(11-3-1-7-19-9-11)22-14-6-5-13-15(21-14)23-18(27-13)24-17(26)12-4-2-8-20-10-12/h1-10H,(H2,21,22,23,24,25,26). The lowest BCUT2D eigenvalue weighted by Crippen LogP contribution is -2.13. The molecule has 132 valence electrons. The largest absolute Gasteiger partial charge is 0.306 e. The van der Waals surface area contributed by atoms with Gasteiger partial charge in [0.25, 0.3) is 11.8 Å². The molecule has 0 aromatic carbocycles. The Morgan fingerprint density at radius 3 is 2.11 bits per heavy atom. The summed E-state index contributed by atoms with van der Waals surface area (Å²) in [5.41, 5.74) is 1.31. The Kier molecular flexibility index (Phi) is 4.50. The third-order valence-electron chi connectivity index (χ3n) is 3.56. The van der Waals surface area contributed by atoms with Gasteiger partial charge in [-0.3, -0.25) is 24.9 Å². The monoisotopic (exact) mass is 376 g/mol. The molecule has 0 radical (unpaired) electrons. The molecule has 0 saturated carbocycles. The van der Waals surface area contributed by atoms with E-state index in [0.717, 1.165) is 4.70 Å². The summed E-state index contributed by atoms with van der Waals surface area (Å²) in [6.07, 6.45) is 6.15. The van der Waals surface area contributed by atoms with E-state index < -0.39 is 0 Å². The first-order valence-corrected chi connectivity index (χ1v) is 8.71. The van der Waals surface area contributed by atoms with Gasteiger partial charge in [-0.15, -0.1) is 0 Å². The van der Waals surface area contributed by atoms with E-state index in [1.54, 1.807) is 48.8 Å². The van der Waals surface area contributed by atoms with Gasteiger partial charge in [0, 0.05) is 24.8 Å². The van der Waals surface area contributed by atoms with Crippen LogP contribution in [0.2, 0.25) is 0 Å². The number of aromatic nitrogens is 4. The lowest BCUT2D eigenvalue weighted by atomic mass is 10.3. The van der Waals surface area contributed by atoms with Gasteiger partial charge in [0.05, 0.1) is 15.8 Å². The highest BCUT2D eigenvalue weighted by Gasteiger charge is 2.12. The predicted octanol–water partition coefficient (Wildman–Crippen LogP) is 2.99. The third-order valence-corrected chi connectivity index (χ3v) is 4.49. The molecule has 0 unspecified atom stereocenters. The van der Waals surface area contributed by atoms with Crippen LogP contribution in [0.3, 0.4) is 0 Å². The number of nitrogens with zero attached hydrogens (tertiary/aromatic N) is 4. The molecule has 8 nitrogen and oxygen atoms in total. The number of carbonyl (C=O) groups excluding carboxylic acids is 2. The number of hydrogen-bond donors (Lipinski definition) is 2. The van der Waals surface area contributed by atoms with E-state index >= 15 is 0 Å². The summed E-state index contributed by atoms with van der Waals surface area (Å²) in [7, 11) is 0. The Morgan fingerprint density at radius 2 is 1.48 bits per heavy atom. The van der Waals surface area contributed by atoms with Gasteiger partial charge in [-0.2, -0.15) is 4.98 Å². The number of hydrogen-bond acceptors (Lipinski definition) is 7. The molecule has 0 aliphatic rings. The zero-order chi connectivity index (χ0) is 18.6. The topological polar surface area (TPSA) is 110 Å². The minimum Gasteiger partial charge on any atom is -0.306 e. The Balaban J connectivity index is 1.52. The number of anilines is 2. The first-order valence-electron chi connectivity index (χ1n) is 7.89. The second-order valence-electron chi connectivity index (χ2n) is 5.43. The molecule has 0 aliphatic carbocycles. The van der Waals surface area contributed by atoms with Gasteiger partial charge in [-0.25, -0.2) is 4.98 Å². The highest BCUT2D eigenvalue weighted by atomic mass is 32.1. The molecule has 4 rings (SSSR count). The van der Waals surface area contributed by atoms with Crippen LogP contribution in [0.25, 0.3) is 10.3 Å².